The summed E-state index contributed by atoms with van der Waals surface area (Å²) in [5, 5.41) is 23.3. The van der Waals surface area contributed by atoms with Crippen LogP contribution in [0.3, 0.4) is 0 Å². The van der Waals surface area contributed by atoms with Crippen molar-refractivity contribution in [3.8, 4) is 17.2 Å². The first kappa shape index (κ1) is 26.1. The molecule has 0 fully saturated rings. The Labute approximate surface area is 209 Å². The molecule has 0 aromatic heterocycles. The van der Waals surface area contributed by atoms with Crippen molar-refractivity contribution < 1.29 is 24.2 Å². The van der Waals surface area contributed by atoms with E-state index in [4.69, 9.17) is 10.00 Å². The molecule has 0 aliphatic heterocycles. The fraction of sp³-hybridized carbons (Fsp3) is 0.385. The molecule has 0 radical (unpaired) electrons. The van der Waals surface area contributed by atoms with Crippen LogP contribution in [0, 0.1) is 11.3 Å². The van der Waals surface area contributed by atoms with Crippen LogP contribution in [0.1, 0.15) is 42.7 Å². The molecule has 0 saturated carbocycles. The first-order valence-corrected chi connectivity index (χ1v) is 12.9. The number of fused-ring (bicyclic) bond motifs is 3. The van der Waals surface area contributed by atoms with E-state index in [0.717, 1.165) is 22.3 Å². The average molecular weight is 496 g/mol. The van der Waals surface area contributed by atoms with E-state index in [1.54, 1.807) is 0 Å². The monoisotopic (exact) mass is 495 g/mol. The lowest BCUT2D eigenvalue weighted by atomic mass is 9.98. The van der Waals surface area contributed by atoms with Gasteiger partial charge in [-0.25, -0.2) is 9.59 Å². The third-order valence-corrected chi connectivity index (χ3v) is 6.60. The van der Waals surface area contributed by atoms with E-state index in [0.29, 0.717) is 12.2 Å². The van der Waals surface area contributed by atoms with E-state index in [1.807, 2.05) is 60.9 Å². The lowest BCUT2D eigenvalue weighted by Gasteiger charge is -2.21. The number of amides is 2. The summed E-state index contributed by atoms with van der Waals surface area (Å²) in [7, 11) is 0. The van der Waals surface area contributed by atoms with Gasteiger partial charge in [0.2, 0.25) is 5.91 Å². The zero-order valence-corrected chi connectivity index (χ0v) is 20.3. The molecule has 0 heterocycles. The molecule has 184 valence electrons. The van der Waals surface area contributed by atoms with Crippen LogP contribution in [0.25, 0.3) is 11.1 Å². The molecule has 3 N–H and O–H groups in total. The van der Waals surface area contributed by atoms with Crippen molar-refractivity contribution in [1.82, 2.24) is 10.6 Å². The van der Waals surface area contributed by atoms with Gasteiger partial charge >= 0.3 is 12.1 Å². The van der Waals surface area contributed by atoms with E-state index >= 15 is 0 Å². The topological polar surface area (TPSA) is 129 Å². The lowest BCUT2D eigenvalue weighted by Crippen LogP contribution is -2.51. The summed E-state index contributed by atoms with van der Waals surface area (Å²) in [4.78, 5) is 37.0. The fourth-order valence-electron chi connectivity index (χ4n) is 4.20. The molecule has 0 bridgehead atoms. The first-order valence-electron chi connectivity index (χ1n) is 11.5. The number of benzene rings is 2. The standard InChI is InChI=1S/C26H29N3O5S/c1-35-15-13-23(25(31)32)28-24(30)22(12-6-7-14-27)29-26(33)34-16-21-19-10-4-2-8-17(19)18-9-3-5-11-20(18)21/h2-5,8-11,21-23H,6-7,12-13,15-16H2,1H3,(H,28,30)(H,29,33)(H,31,32)/t22?,23-/m0/s1. The quantitative estimate of drug-likeness (QED) is 0.381. The number of carboxylic acid groups (broad SMARTS) is 1. The van der Waals surface area contributed by atoms with E-state index in [1.165, 1.54) is 11.8 Å². The number of carboxylic acids is 1. The SMILES string of the molecule is CSCC[C@H](NC(=O)C(CCCC#N)NC(=O)OCC1c2ccccc2-c2ccccc21)C(=O)O. The van der Waals surface area contributed by atoms with Gasteiger partial charge in [0.1, 0.15) is 18.7 Å². The van der Waals surface area contributed by atoms with Crippen LogP contribution in [0.2, 0.25) is 0 Å². The number of carbonyl (C=O) groups is 3. The predicted molar refractivity (Wildman–Crippen MR) is 134 cm³/mol. The van der Waals surface area contributed by atoms with Crippen molar-refractivity contribution in [2.75, 3.05) is 18.6 Å². The van der Waals surface area contributed by atoms with Gasteiger partial charge < -0.3 is 20.5 Å². The highest BCUT2D eigenvalue weighted by Crippen LogP contribution is 2.44. The number of alkyl carbamates (subject to hydrolysis) is 1. The number of hydrogen-bond acceptors (Lipinski definition) is 6. The normalized spacial score (nSPS) is 13.6. The number of hydrogen-bond donors (Lipinski definition) is 3. The van der Waals surface area contributed by atoms with Crippen LogP contribution < -0.4 is 10.6 Å². The molecule has 1 unspecified atom stereocenters. The van der Waals surface area contributed by atoms with Gasteiger partial charge in [0, 0.05) is 12.3 Å². The lowest BCUT2D eigenvalue weighted by molar-refractivity contribution is -0.142. The number of rotatable bonds is 12. The van der Waals surface area contributed by atoms with Crippen molar-refractivity contribution >= 4 is 29.7 Å². The minimum Gasteiger partial charge on any atom is -0.480 e. The van der Waals surface area contributed by atoms with E-state index in [9.17, 15) is 19.5 Å². The maximum atomic E-state index is 12.8. The molecule has 0 saturated heterocycles. The zero-order valence-electron chi connectivity index (χ0n) is 19.5. The molecular formula is C26H29N3O5S. The highest BCUT2D eigenvalue weighted by Gasteiger charge is 2.30. The Morgan fingerprint density at radius 1 is 1.03 bits per heavy atom. The molecule has 2 aromatic rings. The van der Waals surface area contributed by atoms with Gasteiger partial charge in [0.25, 0.3) is 0 Å². The first-order chi connectivity index (χ1) is 17.0. The molecule has 2 aromatic carbocycles. The molecular weight excluding hydrogens is 466 g/mol. The Morgan fingerprint density at radius 2 is 1.66 bits per heavy atom. The second kappa shape index (κ2) is 12.8. The zero-order chi connectivity index (χ0) is 25.2. The molecule has 3 rings (SSSR count). The number of ether oxygens (including phenoxy) is 1. The van der Waals surface area contributed by atoms with Crippen molar-refractivity contribution in [2.45, 2.75) is 43.7 Å². The average Bonchev–Trinajstić information content (AvgIpc) is 3.18. The van der Waals surface area contributed by atoms with Gasteiger partial charge in [0.05, 0.1) is 6.07 Å². The van der Waals surface area contributed by atoms with Crippen LogP contribution in [0.5, 0.6) is 0 Å². The fourth-order valence-corrected chi connectivity index (χ4v) is 4.67. The molecule has 9 heteroatoms. The Balaban J connectivity index is 1.65. The van der Waals surface area contributed by atoms with Gasteiger partial charge in [0.15, 0.2) is 0 Å². The molecule has 8 nitrogen and oxygen atoms in total. The Kier molecular flexibility index (Phi) is 9.56. The molecule has 1 aliphatic carbocycles. The van der Waals surface area contributed by atoms with Gasteiger partial charge in [-0.05, 0) is 53.5 Å². The smallest absolute Gasteiger partial charge is 0.407 e. The highest BCUT2D eigenvalue weighted by atomic mass is 32.2. The minimum absolute atomic E-state index is 0.0951. The highest BCUT2D eigenvalue weighted by molar-refractivity contribution is 7.98. The van der Waals surface area contributed by atoms with Crippen molar-refractivity contribution in [3.05, 3.63) is 59.7 Å². The Bertz CT molecular complexity index is 1050. The van der Waals surface area contributed by atoms with Crippen LogP contribution in [-0.4, -0.2) is 53.8 Å². The van der Waals surface area contributed by atoms with Crippen LogP contribution in [0.15, 0.2) is 48.5 Å². The summed E-state index contributed by atoms with van der Waals surface area (Å²) < 4.78 is 5.53. The summed E-state index contributed by atoms with van der Waals surface area (Å²) in [5.74, 6) is -1.30. The number of carbonyl (C=O) groups excluding carboxylic acids is 2. The second-order valence-corrected chi connectivity index (χ2v) is 9.24. The Morgan fingerprint density at radius 3 is 2.23 bits per heavy atom. The number of aliphatic carboxylic acids is 1. The number of nitrogens with one attached hydrogen (secondary N) is 2. The van der Waals surface area contributed by atoms with Crippen molar-refractivity contribution in [1.29, 1.82) is 5.26 Å². The predicted octanol–water partition coefficient (Wildman–Crippen LogP) is 3.91. The summed E-state index contributed by atoms with van der Waals surface area (Å²) in [6, 6.07) is 15.9. The van der Waals surface area contributed by atoms with Gasteiger partial charge in [-0.15, -0.1) is 0 Å². The number of thioether (sulfide) groups is 1. The maximum Gasteiger partial charge on any atom is 0.407 e. The molecule has 0 spiro atoms. The third kappa shape index (κ3) is 6.76. The molecule has 2 amide bonds. The molecule has 2 atom stereocenters. The van der Waals surface area contributed by atoms with Gasteiger partial charge in [-0.3, -0.25) is 4.79 Å². The number of nitriles is 1. The Hall–Kier alpha value is -3.51. The van der Waals surface area contributed by atoms with Crippen molar-refractivity contribution in [3.63, 3.8) is 0 Å². The number of nitrogens with zero attached hydrogens (tertiary/aromatic N) is 1. The van der Waals surface area contributed by atoms with E-state index < -0.39 is 30.1 Å². The second-order valence-electron chi connectivity index (χ2n) is 8.25. The summed E-state index contributed by atoms with van der Waals surface area (Å²) >= 11 is 1.48. The largest absolute Gasteiger partial charge is 0.480 e. The minimum atomic E-state index is -1.13. The van der Waals surface area contributed by atoms with E-state index in [2.05, 4.69) is 10.6 Å². The van der Waals surface area contributed by atoms with Crippen LogP contribution in [0.4, 0.5) is 4.79 Å². The van der Waals surface area contributed by atoms with Crippen LogP contribution in [-0.2, 0) is 14.3 Å². The van der Waals surface area contributed by atoms with Crippen LogP contribution >= 0.6 is 11.8 Å². The summed E-state index contributed by atoms with van der Waals surface area (Å²) in [6.45, 7) is 0.0951. The summed E-state index contributed by atoms with van der Waals surface area (Å²) in [6.07, 6.45) is 2.13. The summed E-state index contributed by atoms with van der Waals surface area (Å²) in [5.41, 5.74) is 4.36. The van der Waals surface area contributed by atoms with Gasteiger partial charge in [-0.2, -0.15) is 17.0 Å². The van der Waals surface area contributed by atoms with Gasteiger partial charge in [-0.1, -0.05) is 48.5 Å². The molecule has 35 heavy (non-hydrogen) atoms. The van der Waals surface area contributed by atoms with E-state index in [-0.39, 0.29) is 31.8 Å². The number of unbranched alkanes of at least 4 members (excludes halogenated alkanes) is 1. The van der Waals surface area contributed by atoms with Crippen molar-refractivity contribution in [2.24, 2.45) is 0 Å². The maximum absolute atomic E-state index is 12.8. The molecule has 1 aliphatic rings. The third-order valence-electron chi connectivity index (χ3n) is 5.96.